The maximum Gasteiger partial charge on any atom is 0.316 e. The van der Waals surface area contributed by atoms with Crippen LogP contribution in [-0.2, 0) is 9.84 Å². The Balaban J connectivity index is 2.47. The highest BCUT2D eigenvalue weighted by atomic mass is 35.5. The summed E-state index contributed by atoms with van der Waals surface area (Å²) in [6.07, 6.45) is 0. The molecule has 3 N–H and O–H groups in total. The normalized spacial score (nSPS) is 10.8. The Hall–Kier alpha value is -2.41. The van der Waals surface area contributed by atoms with Gasteiger partial charge in [-0.2, -0.15) is 5.26 Å². The van der Waals surface area contributed by atoms with Gasteiger partial charge in [-0.3, -0.25) is 0 Å². The van der Waals surface area contributed by atoms with Gasteiger partial charge in [0.2, 0.25) is 9.84 Å². The molecule has 0 bridgehead atoms. The number of primary amides is 1. The molecule has 0 unspecified atom stereocenters. The number of sulfone groups is 1. The zero-order valence-corrected chi connectivity index (χ0v) is 13.4. The molecule has 0 saturated carbocycles. The molecule has 0 aliphatic carbocycles. The number of carbonyl (C=O) groups is 1. The number of hydrogen-bond acceptors (Lipinski definition) is 6. The predicted molar refractivity (Wildman–Crippen MR) is 81.9 cm³/mol. The van der Waals surface area contributed by atoms with Crippen molar-refractivity contribution in [3.05, 3.63) is 40.1 Å². The van der Waals surface area contributed by atoms with Gasteiger partial charge in [0.05, 0.1) is 4.90 Å². The lowest BCUT2D eigenvalue weighted by atomic mass is 10.3. The smallest absolute Gasteiger partial charge is 0.316 e. The standard InChI is InChI=1S/C12H7Cl2N5O3S/c13-9-8(5-15)10(14)19-12(18-9)23(21,22)7-3-1-6(2-4-7)17-11(16)20/h1-4H,(H3,16,17,20). The zero-order chi connectivity index (χ0) is 17.2. The maximum absolute atomic E-state index is 12.4. The van der Waals surface area contributed by atoms with Gasteiger partial charge < -0.3 is 11.1 Å². The molecule has 2 rings (SSSR count). The first-order valence-electron chi connectivity index (χ1n) is 5.80. The number of halogens is 2. The highest BCUT2D eigenvalue weighted by molar-refractivity contribution is 7.91. The van der Waals surface area contributed by atoms with Crippen LogP contribution < -0.4 is 11.1 Å². The molecule has 2 aromatic rings. The van der Waals surface area contributed by atoms with E-state index < -0.39 is 21.0 Å². The first-order valence-corrected chi connectivity index (χ1v) is 8.04. The Kier molecular flexibility index (Phi) is 4.70. The minimum Gasteiger partial charge on any atom is -0.351 e. The Bertz CT molecular complexity index is 900. The number of nitrogens with zero attached hydrogens (tertiary/aromatic N) is 3. The molecule has 2 amide bonds. The predicted octanol–water partition coefficient (Wildman–Crippen LogP) is 1.98. The molecule has 0 fully saturated rings. The van der Waals surface area contributed by atoms with Gasteiger partial charge in [0, 0.05) is 5.69 Å². The third-order valence-corrected chi connectivity index (χ3v) is 4.69. The van der Waals surface area contributed by atoms with Crippen molar-refractivity contribution >= 4 is 44.8 Å². The van der Waals surface area contributed by atoms with E-state index in [1.54, 1.807) is 6.07 Å². The number of aromatic nitrogens is 2. The summed E-state index contributed by atoms with van der Waals surface area (Å²) in [5.41, 5.74) is 5.05. The van der Waals surface area contributed by atoms with E-state index in [4.69, 9.17) is 34.2 Å². The molecule has 0 atom stereocenters. The average Bonchev–Trinajstić information content (AvgIpc) is 2.46. The second kappa shape index (κ2) is 6.37. The van der Waals surface area contributed by atoms with Crippen LogP contribution in [0.25, 0.3) is 0 Å². The Morgan fingerprint density at radius 1 is 1.17 bits per heavy atom. The van der Waals surface area contributed by atoms with Gasteiger partial charge in [0.15, 0.2) is 10.3 Å². The monoisotopic (exact) mass is 371 g/mol. The van der Waals surface area contributed by atoms with Crippen LogP contribution in [0.4, 0.5) is 10.5 Å². The highest BCUT2D eigenvalue weighted by Gasteiger charge is 2.24. The molecule has 0 radical (unpaired) electrons. The molecule has 23 heavy (non-hydrogen) atoms. The Labute approximate surface area is 140 Å². The molecule has 1 heterocycles. The third-order valence-electron chi connectivity index (χ3n) is 2.58. The van der Waals surface area contributed by atoms with Crippen LogP contribution in [0.1, 0.15) is 5.56 Å². The molecular weight excluding hydrogens is 365 g/mol. The molecule has 0 spiro atoms. The molecular formula is C12H7Cl2N5O3S. The topological polar surface area (TPSA) is 139 Å². The molecule has 0 aliphatic rings. The summed E-state index contributed by atoms with van der Waals surface area (Å²) in [4.78, 5) is 17.8. The summed E-state index contributed by atoms with van der Waals surface area (Å²) in [6, 6.07) is 6.02. The number of anilines is 1. The molecule has 1 aromatic carbocycles. The summed E-state index contributed by atoms with van der Waals surface area (Å²) in [6.45, 7) is 0. The lowest BCUT2D eigenvalue weighted by Gasteiger charge is -2.06. The minimum atomic E-state index is -4.10. The van der Waals surface area contributed by atoms with Gasteiger partial charge in [0.25, 0.3) is 5.16 Å². The van der Waals surface area contributed by atoms with E-state index in [9.17, 15) is 13.2 Å². The average molecular weight is 372 g/mol. The lowest BCUT2D eigenvalue weighted by molar-refractivity contribution is 0.259. The fraction of sp³-hybridized carbons (Fsp3) is 0. The van der Waals surface area contributed by atoms with E-state index in [2.05, 4.69) is 15.3 Å². The van der Waals surface area contributed by atoms with E-state index in [1.807, 2.05) is 0 Å². The number of benzene rings is 1. The van der Waals surface area contributed by atoms with Gasteiger partial charge in [-0.25, -0.2) is 23.2 Å². The van der Waals surface area contributed by atoms with Crippen LogP contribution in [0.3, 0.4) is 0 Å². The van der Waals surface area contributed by atoms with Crippen molar-refractivity contribution in [2.24, 2.45) is 5.73 Å². The number of hydrogen-bond donors (Lipinski definition) is 2. The summed E-state index contributed by atoms with van der Waals surface area (Å²) in [5.74, 6) is 0. The highest BCUT2D eigenvalue weighted by Crippen LogP contribution is 2.25. The number of amides is 2. The van der Waals surface area contributed by atoms with E-state index >= 15 is 0 Å². The van der Waals surface area contributed by atoms with Gasteiger partial charge >= 0.3 is 6.03 Å². The van der Waals surface area contributed by atoms with E-state index in [0.29, 0.717) is 5.69 Å². The summed E-state index contributed by atoms with van der Waals surface area (Å²) in [7, 11) is -4.10. The van der Waals surface area contributed by atoms with Crippen LogP contribution in [0.15, 0.2) is 34.3 Å². The van der Waals surface area contributed by atoms with Gasteiger partial charge in [-0.05, 0) is 24.3 Å². The van der Waals surface area contributed by atoms with E-state index in [0.717, 1.165) is 0 Å². The van der Waals surface area contributed by atoms with E-state index in [1.165, 1.54) is 24.3 Å². The van der Waals surface area contributed by atoms with Gasteiger partial charge in [0.1, 0.15) is 11.6 Å². The van der Waals surface area contributed by atoms with Crippen LogP contribution >= 0.6 is 23.2 Å². The van der Waals surface area contributed by atoms with Crippen molar-refractivity contribution in [1.82, 2.24) is 9.97 Å². The van der Waals surface area contributed by atoms with Crippen molar-refractivity contribution in [2.45, 2.75) is 10.1 Å². The minimum absolute atomic E-state index is 0.149. The first-order chi connectivity index (χ1) is 10.8. The van der Waals surface area contributed by atoms with Gasteiger partial charge in [-0.1, -0.05) is 23.2 Å². The molecule has 11 heteroatoms. The number of urea groups is 1. The van der Waals surface area contributed by atoms with Crippen molar-refractivity contribution in [1.29, 1.82) is 5.26 Å². The number of nitrogens with two attached hydrogens (primary N) is 1. The maximum atomic E-state index is 12.4. The van der Waals surface area contributed by atoms with Crippen molar-refractivity contribution < 1.29 is 13.2 Å². The second-order valence-electron chi connectivity index (χ2n) is 4.09. The van der Waals surface area contributed by atoms with Crippen LogP contribution in [0, 0.1) is 11.3 Å². The largest absolute Gasteiger partial charge is 0.351 e. The summed E-state index contributed by atoms with van der Waals surface area (Å²) >= 11 is 11.5. The SMILES string of the molecule is N#Cc1c(Cl)nc(S(=O)(=O)c2ccc(NC(N)=O)cc2)nc1Cl. The molecule has 1 aromatic heterocycles. The molecule has 0 aliphatic heterocycles. The van der Waals surface area contributed by atoms with Crippen LogP contribution in [-0.4, -0.2) is 24.4 Å². The molecule has 118 valence electrons. The number of nitriles is 1. The van der Waals surface area contributed by atoms with Crippen molar-refractivity contribution in [3.63, 3.8) is 0 Å². The first kappa shape index (κ1) is 17.0. The van der Waals surface area contributed by atoms with Crippen LogP contribution in [0.2, 0.25) is 10.3 Å². The van der Waals surface area contributed by atoms with Gasteiger partial charge in [-0.15, -0.1) is 0 Å². The lowest BCUT2D eigenvalue weighted by Crippen LogP contribution is -2.19. The second-order valence-corrected chi connectivity index (χ2v) is 6.65. The summed E-state index contributed by atoms with van der Waals surface area (Å²) in [5, 5.41) is 9.75. The zero-order valence-electron chi connectivity index (χ0n) is 11.1. The fourth-order valence-electron chi connectivity index (χ4n) is 1.57. The molecule has 0 saturated heterocycles. The summed E-state index contributed by atoms with van der Waals surface area (Å²) < 4.78 is 24.9. The number of carbonyl (C=O) groups excluding carboxylic acids is 1. The Morgan fingerprint density at radius 3 is 2.13 bits per heavy atom. The Morgan fingerprint density at radius 2 is 1.70 bits per heavy atom. The van der Waals surface area contributed by atoms with E-state index in [-0.39, 0.29) is 20.8 Å². The third kappa shape index (κ3) is 3.50. The van der Waals surface area contributed by atoms with Crippen molar-refractivity contribution in [2.75, 3.05) is 5.32 Å². The number of rotatable bonds is 3. The fourth-order valence-corrected chi connectivity index (χ4v) is 3.27. The quantitative estimate of drug-likeness (QED) is 0.624. The van der Waals surface area contributed by atoms with Crippen LogP contribution in [0.5, 0.6) is 0 Å². The van der Waals surface area contributed by atoms with Crippen molar-refractivity contribution in [3.8, 4) is 6.07 Å². The molecule has 8 nitrogen and oxygen atoms in total. The number of nitrogens with one attached hydrogen (secondary N) is 1.